The molecule has 8 heteroatoms. The second-order valence-electron chi connectivity index (χ2n) is 8.58. The van der Waals surface area contributed by atoms with Gasteiger partial charge < -0.3 is 10.2 Å². The maximum Gasteiger partial charge on any atom is 0.240 e. The van der Waals surface area contributed by atoms with Crippen molar-refractivity contribution in [1.29, 1.82) is 0 Å². The molecule has 7 nitrogen and oxygen atoms in total. The zero-order valence-corrected chi connectivity index (χ0v) is 19.1. The van der Waals surface area contributed by atoms with E-state index in [-0.39, 0.29) is 29.8 Å². The zero-order chi connectivity index (χ0) is 22.4. The molecule has 0 radical (unpaired) electrons. The molecule has 0 bridgehead atoms. The molecule has 1 fully saturated rings. The summed E-state index contributed by atoms with van der Waals surface area (Å²) in [6, 6.07) is 9.26. The maximum atomic E-state index is 12.9. The van der Waals surface area contributed by atoms with Crippen LogP contribution < -0.4 is 5.32 Å². The second-order valence-corrected chi connectivity index (χ2v) is 10.4. The van der Waals surface area contributed by atoms with E-state index in [9.17, 15) is 18.0 Å². The summed E-state index contributed by atoms with van der Waals surface area (Å²) in [6.45, 7) is 8.57. The fourth-order valence-electron chi connectivity index (χ4n) is 3.41. The van der Waals surface area contributed by atoms with Crippen LogP contribution in [0.2, 0.25) is 0 Å². The van der Waals surface area contributed by atoms with E-state index >= 15 is 0 Å². The van der Waals surface area contributed by atoms with Crippen molar-refractivity contribution in [3.05, 3.63) is 41.3 Å². The molecule has 0 atom stereocenters. The molecule has 0 aliphatic carbocycles. The van der Waals surface area contributed by atoms with Gasteiger partial charge in [0, 0.05) is 36.5 Å². The predicted octanol–water partition coefficient (Wildman–Crippen LogP) is 2.46. The molecule has 166 valence electrons. The quantitative estimate of drug-likeness (QED) is 0.713. The summed E-state index contributed by atoms with van der Waals surface area (Å²) in [6.07, 6.45) is 2.49. The number of hydrogen-bond donors (Lipinski definition) is 1. The van der Waals surface area contributed by atoms with Crippen molar-refractivity contribution in [2.45, 2.75) is 46.1 Å². The maximum absolute atomic E-state index is 12.9. The third-order valence-corrected chi connectivity index (χ3v) is 6.50. The second kappa shape index (κ2) is 10.2. The van der Waals surface area contributed by atoms with Gasteiger partial charge in [-0.1, -0.05) is 30.3 Å². The lowest BCUT2D eigenvalue weighted by molar-refractivity contribution is -0.140. The van der Waals surface area contributed by atoms with Gasteiger partial charge in [0.1, 0.15) is 0 Å². The van der Waals surface area contributed by atoms with Crippen LogP contribution >= 0.6 is 0 Å². The molecule has 2 rings (SSSR count). The van der Waals surface area contributed by atoms with E-state index in [2.05, 4.69) is 5.32 Å². The van der Waals surface area contributed by atoms with Gasteiger partial charge in [0.2, 0.25) is 21.8 Å². The number of nitrogens with one attached hydrogen (secondary N) is 1. The highest BCUT2D eigenvalue weighted by Crippen LogP contribution is 2.23. The van der Waals surface area contributed by atoms with E-state index in [4.69, 9.17) is 0 Å². The van der Waals surface area contributed by atoms with Crippen LogP contribution in [0.3, 0.4) is 0 Å². The van der Waals surface area contributed by atoms with E-state index in [0.29, 0.717) is 32.5 Å². The first-order valence-corrected chi connectivity index (χ1v) is 11.9. The summed E-state index contributed by atoms with van der Waals surface area (Å²) in [5.74, 6) is -0.542. The fourth-order valence-corrected chi connectivity index (χ4v) is 4.63. The third-order valence-electron chi connectivity index (χ3n) is 4.94. The van der Waals surface area contributed by atoms with Gasteiger partial charge in [0.25, 0.3) is 0 Å². The van der Waals surface area contributed by atoms with E-state index in [0.717, 1.165) is 5.56 Å². The van der Waals surface area contributed by atoms with Crippen molar-refractivity contribution in [1.82, 2.24) is 14.5 Å². The number of rotatable bonds is 7. The first kappa shape index (κ1) is 24.1. The van der Waals surface area contributed by atoms with Crippen LogP contribution in [0.25, 0.3) is 6.08 Å². The van der Waals surface area contributed by atoms with Crippen molar-refractivity contribution >= 4 is 27.9 Å². The van der Waals surface area contributed by atoms with Gasteiger partial charge >= 0.3 is 0 Å². The zero-order valence-electron chi connectivity index (χ0n) is 18.3. The van der Waals surface area contributed by atoms with Crippen molar-refractivity contribution in [3.63, 3.8) is 0 Å². The average Bonchev–Trinajstić information content (AvgIpc) is 2.69. The van der Waals surface area contributed by atoms with E-state index < -0.39 is 10.0 Å². The van der Waals surface area contributed by atoms with E-state index in [1.165, 1.54) is 9.71 Å². The van der Waals surface area contributed by atoms with Crippen molar-refractivity contribution in [2.75, 3.05) is 26.2 Å². The molecular weight excluding hydrogens is 402 g/mol. The Labute approximate surface area is 180 Å². The third kappa shape index (κ3) is 7.25. The number of carbonyl (C=O) groups excluding carboxylic acids is 2. The highest BCUT2D eigenvalue weighted by atomic mass is 32.2. The largest absolute Gasteiger partial charge is 0.350 e. The van der Waals surface area contributed by atoms with Gasteiger partial charge in [-0.2, -0.15) is 4.31 Å². The SMILES string of the molecule is CCN(CC(=O)NC(C)(C)C)C(=O)C1CCN(S(=O)(=O)/C=C/c2ccccc2)CC1. The van der Waals surface area contributed by atoms with E-state index in [1.807, 2.05) is 58.0 Å². The number of piperidine rings is 1. The topological polar surface area (TPSA) is 86.8 Å². The Morgan fingerprint density at radius 2 is 1.77 bits per heavy atom. The Bertz CT molecular complexity index is 852. The number of hydrogen-bond acceptors (Lipinski definition) is 4. The number of nitrogens with zero attached hydrogens (tertiary/aromatic N) is 2. The lowest BCUT2D eigenvalue weighted by atomic mass is 9.96. The highest BCUT2D eigenvalue weighted by Gasteiger charge is 2.32. The summed E-state index contributed by atoms with van der Waals surface area (Å²) in [5.41, 5.74) is 0.463. The van der Waals surface area contributed by atoms with Gasteiger partial charge in [0.15, 0.2) is 0 Å². The Hall–Kier alpha value is -2.19. The monoisotopic (exact) mass is 435 g/mol. The van der Waals surface area contributed by atoms with Crippen molar-refractivity contribution in [3.8, 4) is 0 Å². The first-order chi connectivity index (χ1) is 14.0. The number of likely N-dealkylation sites (N-methyl/N-ethyl adjacent to an activating group) is 1. The Morgan fingerprint density at radius 1 is 1.17 bits per heavy atom. The number of carbonyl (C=O) groups is 2. The van der Waals surface area contributed by atoms with Gasteiger partial charge in [0.05, 0.1) is 6.54 Å². The van der Waals surface area contributed by atoms with Crippen LogP contribution in [0, 0.1) is 5.92 Å². The van der Waals surface area contributed by atoms with Crippen LogP contribution in [-0.4, -0.2) is 61.2 Å². The minimum Gasteiger partial charge on any atom is -0.350 e. The summed E-state index contributed by atoms with van der Waals surface area (Å²) in [7, 11) is -3.53. The normalized spacial score (nSPS) is 16.5. The standard InChI is InChI=1S/C22H33N3O4S/c1-5-24(17-20(26)23-22(2,3)4)21(27)19-11-14-25(15-12-19)30(28,29)16-13-18-9-7-6-8-10-18/h6-10,13,16,19H,5,11-12,14-15,17H2,1-4H3,(H,23,26)/b16-13+. The molecule has 0 saturated carbocycles. The molecule has 1 saturated heterocycles. The lowest BCUT2D eigenvalue weighted by Gasteiger charge is -2.33. The van der Waals surface area contributed by atoms with Gasteiger partial charge in [-0.3, -0.25) is 9.59 Å². The number of sulfonamides is 1. The molecule has 0 spiro atoms. The average molecular weight is 436 g/mol. The molecule has 1 heterocycles. The predicted molar refractivity (Wildman–Crippen MR) is 119 cm³/mol. The summed E-state index contributed by atoms with van der Waals surface area (Å²) >= 11 is 0. The lowest BCUT2D eigenvalue weighted by Crippen LogP contribution is -2.49. The van der Waals surface area contributed by atoms with Crippen molar-refractivity contribution in [2.24, 2.45) is 5.92 Å². The van der Waals surface area contributed by atoms with Crippen molar-refractivity contribution < 1.29 is 18.0 Å². The molecule has 30 heavy (non-hydrogen) atoms. The molecule has 0 unspecified atom stereocenters. The Kier molecular flexibility index (Phi) is 8.20. The van der Waals surface area contributed by atoms with E-state index in [1.54, 1.807) is 11.0 Å². The Morgan fingerprint density at radius 3 is 2.30 bits per heavy atom. The molecular formula is C22H33N3O4S. The molecule has 2 amide bonds. The Balaban J connectivity index is 1.92. The summed E-state index contributed by atoms with van der Waals surface area (Å²) in [4.78, 5) is 26.6. The molecule has 1 aromatic carbocycles. The fraction of sp³-hybridized carbons (Fsp3) is 0.545. The van der Waals surface area contributed by atoms with Crippen LogP contribution in [0.4, 0.5) is 0 Å². The molecule has 1 aliphatic heterocycles. The highest BCUT2D eigenvalue weighted by molar-refractivity contribution is 7.92. The minimum absolute atomic E-state index is 0.0188. The molecule has 1 aliphatic rings. The smallest absolute Gasteiger partial charge is 0.240 e. The van der Waals surface area contributed by atoms with Gasteiger partial charge in [-0.05, 0) is 52.2 Å². The van der Waals surface area contributed by atoms with Crippen LogP contribution in [-0.2, 0) is 19.6 Å². The number of benzene rings is 1. The minimum atomic E-state index is -3.53. The van der Waals surface area contributed by atoms with Gasteiger partial charge in [-0.25, -0.2) is 8.42 Å². The summed E-state index contributed by atoms with van der Waals surface area (Å²) in [5, 5.41) is 4.09. The molecule has 1 aromatic rings. The first-order valence-electron chi connectivity index (χ1n) is 10.3. The number of amides is 2. The molecule has 1 N–H and O–H groups in total. The van der Waals surface area contributed by atoms with Crippen LogP contribution in [0.1, 0.15) is 46.1 Å². The van der Waals surface area contributed by atoms with Crippen LogP contribution in [0.15, 0.2) is 35.7 Å². The summed E-state index contributed by atoms with van der Waals surface area (Å²) < 4.78 is 26.6. The molecule has 0 aromatic heterocycles. The van der Waals surface area contributed by atoms with Gasteiger partial charge in [-0.15, -0.1) is 0 Å². The van der Waals surface area contributed by atoms with Crippen LogP contribution in [0.5, 0.6) is 0 Å².